The number of aromatic nitrogens is 1. The fraction of sp³-hybridized carbons (Fsp3) is 0.375. The van der Waals surface area contributed by atoms with Crippen molar-refractivity contribution in [2.75, 3.05) is 35.5 Å². The van der Waals surface area contributed by atoms with Crippen molar-refractivity contribution in [3.8, 4) is 0 Å². The third-order valence-corrected chi connectivity index (χ3v) is 6.77. The number of amides is 1. The van der Waals surface area contributed by atoms with Crippen molar-refractivity contribution in [3.63, 3.8) is 0 Å². The van der Waals surface area contributed by atoms with Crippen molar-refractivity contribution in [2.45, 2.75) is 26.8 Å². The number of carbonyl (C=O) groups is 1. The third-order valence-electron chi connectivity index (χ3n) is 6.16. The van der Waals surface area contributed by atoms with Gasteiger partial charge in [-0.3, -0.25) is 14.5 Å². The molecule has 2 aromatic carbocycles. The molecule has 0 radical (unpaired) electrons. The number of nitrogens with zero attached hydrogens (tertiary/aromatic N) is 3. The summed E-state index contributed by atoms with van der Waals surface area (Å²) in [5, 5.41) is 11.1. The second kappa shape index (κ2) is 8.43. The molecular formula is C24H28N4O5S. The Balaban J connectivity index is 1.80. The molecule has 10 heteroatoms. The van der Waals surface area contributed by atoms with Gasteiger partial charge in [0.15, 0.2) is 5.43 Å². The van der Waals surface area contributed by atoms with Crippen molar-refractivity contribution in [3.05, 3.63) is 52.8 Å². The Hall–Kier alpha value is -3.40. The Labute approximate surface area is 198 Å². The standard InChI is InChI=1S/C24H28N4O5S/c1-24(2,3)21-14-27(9-10-28(21)23(30)31)17-12-19-20(25-13-17)8-6-15-5-7-16(26-34(4,32)33)11-18(15)22(19)29/h5-8,11-13,21,26H,9-10,14H2,1-4H3,(H,30,31). The van der Waals surface area contributed by atoms with E-state index in [0.717, 1.165) is 11.9 Å². The number of nitrogens with one attached hydrogen (secondary N) is 1. The van der Waals surface area contributed by atoms with Gasteiger partial charge in [-0.05, 0) is 35.1 Å². The van der Waals surface area contributed by atoms with E-state index >= 15 is 0 Å². The van der Waals surface area contributed by atoms with E-state index in [1.165, 1.54) is 11.0 Å². The number of rotatable bonds is 3. The van der Waals surface area contributed by atoms with E-state index in [9.17, 15) is 23.1 Å². The van der Waals surface area contributed by atoms with Gasteiger partial charge in [-0.25, -0.2) is 13.2 Å². The Kier molecular flexibility index (Phi) is 5.89. The lowest BCUT2D eigenvalue weighted by Crippen LogP contribution is -2.59. The fourth-order valence-corrected chi connectivity index (χ4v) is 4.98. The first kappa shape index (κ1) is 23.7. The van der Waals surface area contributed by atoms with Crippen molar-refractivity contribution in [2.24, 2.45) is 5.41 Å². The van der Waals surface area contributed by atoms with Gasteiger partial charge in [0.25, 0.3) is 0 Å². The van der Waals surface area contributed by atoms with Gasteiger partial charge in [0.1, 0.15) is 0 Å². The molecule has 1 saturated heterocycles. The molecule has 0 spiro atoms. The molecule has 1 unspecified atom stereocenters. The van der Waals surface area contributed by atoms with Gasteiger partial charge in [0, 0.05) is 30.7 Å². The molecule has 0 saturated carbocycles. The van der Waals surface area contributed by atoms with Crippen LogP contribution in [0.4, 0.5) is 16.2 Å². The van der Waals surface area contributed by atoms with Crippen LogP contribution in [-0.4, -0.2) is 61.4 Å². The van der Waals surface area contributed by atoms with Crippen LogP contribution in [0.15, 0.2) is 47.4 Å². The maximum Gasteiger partial charge on any atom is 0.407 e. The van der Waals surface area contributed by atoms with Crippen LogP contribution in [0.5, 0.6) is 0 Å². The molecular weight excluding hydrogens is 456 g/mol. The number of sulfonamides is 1. The van der Waals surface area contributed by atoms with Crippen molar-refractivity contribution in [1.82, 2.24) is 9.88 Å². The molecule has 4 rings (SSSR count). The first-order valence-corrected chi connectivity index (χ1v) is 12.8. The van der Waals surface area contributed by atoms with Crippen LogP contribution >= 0.6 is 0 Å². The lowest BCUT2D eigenvalue weighted by Gasteiger charge is -2.46. The van der Waals surface area contributed by atoms with E-state index in [1.54, 1.807) is 36.5 Å². The van der Waals surface area contributed by atoms with Crippen LogP contribution in [0.2, 0.25) is 0 Å². The molecule has 180 valence electrons. The molecule has 1 aromatic heterocycles. The van der Waals surface area contributed by atoms with Gasteiger partial charge in [-0.1, -0.05) is 32.9 Å². The predicted molar refractivity (Wildman–Crippen MR) is 134 cm³/mol. The fourth-order valence-electron chi connectivity index (χ4n) is 4.43. The number of hydrogen-bond acceptors (Lipinski definition) is 6. The minimum Gasteiger partial charge on any atom is -0.465 e. The summed E-state index contributed by atoms with van der Waals surface area (Å²) in [5.41, 5.74) is 1.07. The maximum absolute atomic E-state index is 13.5. The normalized spacial score (nSPS) is 17.2. The second-order valence-electron chi connectivity index (χ2n) is 9.77. The first-order valence-electron chi connectivity index (χ1n) is 10.9. The highest BCUT2D eigenvalue weighted by Gasteiger charge is 2.38. The molecule has 1 aliphatic rings. The van der Waals surface area contributed by atoms with Gasteiger partial charge in [-0.15, -0.1) is 0 Å². The molecule has 0 bridgehead atoms. The number of piperazine rings is 1. The van der Waals surface area contributed by atoms with Crippen molar-refractivity contribution in [1.29, 1.82) is 0 Å². The topological polar surface area (TPSA) is 120 Å². The minimum absolute atomic E-state index is 0.224. The van der Waals surface area contributed by atoms with E-state index in [0.29, 0.717) is 47.0 Å². The predicted octanol–water partition coefficient (Wildman–Crippen LogP) is 3.33. The Morgan fingerprint density at radius 1 is 1.12 bits per heavy atom. The number of pyridine rings is 1. The molecule has 2 N–H and O–H groups in total. The largest absolute Gasteiger partial charge is 0.465 e. The van der Waals surface area contributed by atoms with Gasteiger partial charge in [0.2, 0.25) is 10.0 Å². The van der Waals surface area contributed by atoms with Gasteiger partial charge < -0.3 is 14.9 Å². The summed E-state index contributed by atoms with van der Waals surface area (Å²) in [4.78, 5) is 33.3. The first-order chi connectivity index (χ1) is 15.8. The quantitative estimate of drug-likeness (QED) is 0.585. The summed E-state index contributed by atoms with van der Waals surface area (Å²) in [6, 6.07) is 9.97. The summed E-state index contributed by atoms with van der Waals surface area (Å²) >= 11 is 0. The molecule has 2 heterocycles. The molecule has 3 aromatic rings. The number of fused-ring (bicyclic) bond motifs is 2. The molecule has 0 aliphatic carbocycles. The molecule has 1 aliphatic heterocycles. The lowest BCUT2D eigenvalue weighted by molar-refractivity contribution is 0.0748. The summed E-state index contributed by atoms with van der Waals surface area (Å²) in [7, 11) is -3.48. The highest BCUT2D eigenvalue weighted by Crippen LogP contribution is 2.30. The summed E-state index contributed by atoms with van der Waals surface area (Å²) in [6.45, 7) is 7.37. The van der Waals surface area contributed by atoms with Crippen molar-refractivity contribution < 1.29 is 18.3 Å². The van der Waals surface area contributed by atoms with E-state index in [4.69, 9.17) is 0 Å². The zero-order valence-electron chi connectivity index (χ0n) is 19.6. The second-order valence-corrected chi connectivity index (χ2v) is 11.5. The zero-order valence-corrected chi connectivity index (χ0v) is 20.4. The molecule has 9 nitrogen and oxygen atoms in total. The van der Waals surface area contributed by atoms with E-state index in [-0.39, 0.29) is 16.9 Å². The summed E-state index contributed by atoms with van der Waals surface area (Å²) in [6.07, 6.45) is 1.83. The van der Waals surface area contributed by atoms with Gasteiger partial charge >= 0.3 is 6.09 Å². The van der Waals surface area contributed by atoms with E-state index < -0.39 is 16.1 Å². The monoisotopic (exact) mass is 484 g/mol. The van der Waals surface area contributed by atoms with Crippen LogP contribution < -0.4 is 15.1 Å². The average molecular weight is 485 g/mol. The molecule has 1 fully saturated rings. The SMILES string of the molecule is CC(C)(C)C1CN(c2cnc3ccc4ccc(NS(C)(=O)=O)cc4c(=O)c3c2)CCN1C(=O)O. The van der Waals surface area contributed by atoms with E-state index in [1.807, 2.05) is 20.8 Å². The summed E-state index contributed by atoms with van der Waals surface area (Å²) < 4.78 is 25.7. The molecule has 1 amide bonds. The maximum atomic E-state index is 13.5. The number of benzene rings is 1. The Morgan fingerprint density at radius 3 is 2.47 bits per heavy atom. The van der Waals surface area contributed by atoms with Gasteiger partial charge in [-0.2, -0.15) is 0 Å². The smallest absolute Gasteiger partial charge is 0.407 e. The summed E-state index contributed by atoms with van der Waals surface area (Å²) in [5.74, 6) is 0. The van der Waals surface area contributed by atoms with Crippen LogP contribution in [-0.2, 0) is 10.0 Å². The van der Waals surface area contributed by atoms with Crippen LogP contribution in [0.1, 0.15) is 20.8 Å². The third kappa shape index (κ3) is 4.77. The number of hydrogen-bond donors (Lipinski definition) is 2. The Bertz CT molecular complexity index is 1450. The van der Waals surface area contributed by atoms with Crippen LogP contribution in [0.3, 0.4) is 0 Å². The van der Waals surface area contributed by atoms with Crippen LogP contribution in [0, 0.1) is 5.41 Å². The van der Waals surface area contributed by atoms with Crippen LogP contribution in [0.25, 0.3) is 21.7 Å². The van der Waals surface area contributed by atoms with Crippen molar-refractivity contribution >= 4 is 49.2 Å². The molecule has 1 atom stereocenters. The number of carboxylic acid groups (broad SMARTS) is 1. The zero-order chi connectivity index (χ0) is 24.8. The lowest BCUT2D eigenvalue weighted by atomic mass is 9.84. The van der Waals surface area contributed by atoms with Gasteiger partial charge in [0.05, 0.1) is 35.1 Å². The minimum atomic E-state index is -3.48. The van der Waals surface area contributed by atoms with E-state index in [2.05, 4.69) is 14.6 Å². The average Bonchev–Trinajstić information content (AvgIpc) is 2.88. The Morgan fingerprint density at radius 2 is 1.82 bits per heavy atom. The highest BCUT2D eigenvalue weighted by molar-refractivity contribution is 7.92. The highest BCUT2D eigenvalue weighted by atomic mass is 32.2. The number of anilines is 2. The molecule has 34 heavy (non-hydrogen) atoms.